The van der Waals surface area contributed by atoms with Crippen LogP contribution in [0.3, 0.4) is 0 Å². The van der Waals surface area contributed by atoms with Crippen LogP contribution in [-0.4, -0.2) is 24.1 Å². The molecule has 4 rings (SSSR count). The minimum Gasteiger partial charge on any atom is -0.456 e. The number of thiophene rings is 2. The summed E-state index contributed by atoms with van der Waals surface area (Å²) in [7, 11) is 0. The molecule has 6 nitrogen and oxygen atoms in total. The Hall–Kier alpha value is -2.39. The van der Waals surface area contributed by atoms with Crippen LogP contribution in [-0.2, 0) is 30.7 Å². The van der Waals surface area contributed by atoms with Crippen molar-refractivity contribution in [3.05, 3.63) is 61.3 Å². The number of carbonyl (C=O) groups excluding carboxylic acids is 2. The number of rotatable bonds is 8. The Kier molecular flexibility index (Phi) is 9.19. The largest absolute Gasteiger partial charge is 0.456 e. The van der Waals surface area contributed by atoms with Crippen molar-refractivity contribution in [1.82, 2.24) is 10.6 Å². The molecule has 0 saturated heterocycles. The van der Waals surface area contributed by atoms with Gasteiger partial charge in [0.2, 0.25) is 0 Å². The predicted octanol–water partition coefficient (Wildman–Crippen LogP) is 7.70. The average molecular weight is 574 g/mol. The van der Waals surface area contributed by atoms with E-state index < -0.39 is 11.6 Å². The molecule has 2 aromatic heterocycles. The third-order valence-corrected chi connectivity index (χ3v) is 9.21. The van der Waals surface area contributed by atoms with Crippen LogP contribution in [0.4, 0.5) is 9.80 Å². The number of hydrogen-bond acceptors (Lipinski definition) is 6. The molecule has 9 heteroatoms. The van der Waals surface area contributed by atoms with Crippen LogP contribution in [0.5, 0.6) is 0 Å². The van der Waals surface area contributed by atoms with Crippen LogP contribution in [0.1, 0.15) is 77.3 Å². The van der Waals surface area contributed by atoms with Crippen LogP contribution in [0.25, 0.3) is 10.4 Å². The first-order valence-electron chi connectivity index (χ1n) is 13.1. The lowest BCUT2D eigenvalue weighted by molar-refractivity contribution is 0.00704. The molecule has 0 aliphatic carbocycles. The van der Waals surface area contributed by atoms with Gasteiger partial charge in [-0.2, -0.15) is 0 Å². The van der Waals surface area contributed by atoms with E-state index in [1.165, 1.54) is 21.8 Å². The van der Waals surface area contributed by atoms with E-state index in [1.807, 2.05) is 45.9 Å². The Morgan fingerprint density at radius 3 is 2.71 bits per heavy atom. The normalized spacial score (nSPS) is 13.2. The van der Waals surface area contributed by atoms with Gasteiger partial charge >= 0.3 is 12.0 Å². The van der Waals surface area contributed by atoms with Crippen molar-refractivity contribution < 1.29 is 14.3 Å². The fourth-order valence-corrected chi connectivity index (χ4v) is 7.32. The summed E-state index contributed by atoms with van der Waals surface area (Å²) in [4.78, 5) is 29.8. The zero-order valence-electron chi connectivity index (χ0n) is 22.7. The fourth-order valence-electron chi connectivity index (χ4n) is 4.57. The van der Waals surface area contributed by atoms with E-state index in [9.17, 15) is 9.59 Å². The molecule has 1 aliphatic rings. The summed E-state index contributed by atoms with van der Waals surface area (Å²) >= 11 is 9.51. The Labute approximate surface area is 238 Å². The topological polar surface area (TPSA) is 79.5 Å². The molecule has 0 spiro atoms. The van der Waals surface area contributed by atoms with Crippen LogP contribution >= 0.6 is 34.3 Å². The van der Waals surface area contributed by atoms with E-state index in [4.69, 9.17) is 16.3 Å². The minimum atomic E-state index is -0.627. The number of amides is 2. The maximum atomic E-state index is 13.2. The third kappa shape index (κ3) is 6.78. The average Bonchev–Trinajstić information content (AvgIpc) is 3.37. The smallest absolute Gasteiger partial charge is 0.341 e. The van der Waals surface area contributed by atoms with Crippen LogP contribution in [0, 0.1) is 6.92 Å². The molecule has 0 bridgehead atoms. The van der Waals surface area contributed by atoms with Gasteiger partial charge in [0.05, 0.1) is 5.56 Å². The van der Waals surface area contributed by atoms with Gasteiger partial charge in [-0.3, -0.25) is 5.32 Å². The van der Waals surface area contributed by atoms with Crippen LogP contribution in [0.15, 0.2) is 24.3 Å². The van der Waals surface area contributed by atoms with Crippen molar-refractivity contribution in [2.45, 2.75) is 79.0 Å². The summed E-state index contributed by atoms with van der Waals surface area (Å²) in [6.07, 6.45) is 3.85. The van der Waals surface area contributed by atoms with Gasteiger partial charge in [0.25, 0.3) is 0 Å². The van der Waals surface area contributed by atoms with Crippen LogP contribution in [0.2, 0.25) is 5.02 Å². The molecule has 0 atom stereocenters. The highest BCUT2D eigenvalue weighted by Crippen LogP contribution is 2.39. The molecule has 3 aromatic rings. The molecule has 0 saturated carbocycles. The van der Waals surface area contributed by atoms with Gasteiger partial charge in [-0.15, -0.1) is 22.7 Å². The molecule has 38 heavy (non-hydrogen) atoms. The summed E-state index contributed by atoms with van der Waals surface area (Å²) in [6.45, 7) is 11.7. The van der Waals surface area contributed by atoms with Crippen molar-refractivity contribution in [2.24, 2.45) is 0 Å². The maximum Gasteiger partial charge on any atom is 0.341 e. The van der Waals surface area contributed by atoms with Gasteiger partial charge in [0.1, 0.15) is 10.6 Å². The Bertz CT molecular complexity index is 1320. The molecule has 3 N–H and O–H groups in total. The van der Waals surface area contributed by atoms with Crippen molar-refractivity contribution in [2.75, 3.05) is 11.9 Å². The quantitative estimate of drug-likeness (QED) is 0.241. The lowest BCUT2D eigenvalue weighted by Crippen LogP contribution is -2.30. The molecule has 0 fully saturated rings. The lowest BCUT2D eigenvalue weighted by atomic mass is 10.00. The number of esters is 1. The number of fused-ring (bicyclic) bond motifs is 1. The van der Waals surface area contributed by atoms with Crippen molar-refractivity contribution in [3.8, 4) is 10.4 Å². The Morgan fingerprint density at radius 1 is 1.21 bits per heavy atom. The van der Waals surface area contributed by atoms with E-state index in [0.29, 0.717) is 22.1 Å². The van der Waals surface area contributed by atoms with Gasteiger partial charge in [0.15, 0.2) is 0 Å². The highest BCUT2D eigenvalue weighted by Gasteiger charge is 2.27. The Balaban J connectivity index is 1.57. The van der Waals surface area contributed by atoms with E-state index in [0.717, 1.165) is 65.2 Å². The zero-order chi connectivity index (χ0) is 27.4. The first-order valence-corrected chi connectivity index (χ1v) is 15.1. The molecule has 0 radical (unpaired) electrons. The minimum absolute atomic E-state index is 0.343. The van der Waals surface area contributed by atoms with E-state index >= 15 is 0 Å². The standard InChI is InChI=1S/C29H36ClN3O3S2/c1-6-7-11-22-17(2)24(27(34)36-29(3,4)5)26(38-22)33-28(35)32-15-21-20-12-13-31-16-23(20)37-25(21)18-9-8-10-19(30)14-18/h8-10,14,31H,6-7,11-13,15-16H2,1-5H3,(H2,32,33,35). The SMILES string of the molecule is CCCCc1sc(NC(=O)NCc2c(-c3cccc(Cl)c3)sc3c2CCNC3)c(C(=O)OC(C)(C)C)c1C. The van der Waals surface area contributed by atoms with E-state index in [1.54, 1.807) is 11.3 Å². The van der Waals surface area contributed by atoms with Crippen LogP contribution < -0.4 is 16.0 Å². The number of benzene rings is 1. The van der Waals surface area contributed by atoms with Crippen molar-refractivity contribution in [3.63, 3.8) is 0 Å². The maximum absolute atomic E-state index is 13.2. The highest BCUT2D eigenvalue weighted by atomic mass is 35.5. The second kappa shape index (κ2) is 12.2. The summed E-state index contributed by atoms with van der Waals surface area (Å²) in [5.41, 5.74) is 4.18. The summed E-state index contributed by atoms with van der Waals surface area (Å²) in [6, 6.07) is 7.50. The third-order valence-electron chi connectivity index (χ3n) is 6.38. The first kappa shape index (κ1) is 28.6. The van der Waals surface area contributed by atoms with E-state index in [-0.39, 0.29) is 6.03 Å². The van der Waals surface area contributed by atoms with Gasteiger partial charge < -0.3 is 15.4 Å². The molecule has 3 heterocycles. The zero-order valence-corrected chi connectivity index (χ0v) is 25.1. The van der Waals surface area contributed by atoms with E-state index in [2.05, 4.69) is 28.9 Å². The number of halogens is 1. The second-order valence-corrected chi connectivity index (χ2v) is 13.2. The predicted molar refractivity (Wildman–Crippen MR) is 159 cm³/mol. The number of anilines is 1. The van der Waals surface area contributed by atoms with Gasteiger partial charge in [-0.1, -0.05) is 37.1 Å². The summed E-state index contributed by atoms with van der Waals surface area (Å²) in [5, 5.41) is 10.7. The van der Waals surface area contributed by atoms with Crippen molar-refractivity contribution in [1.29, 1.82) is 0 Å². The molecular formula is C29H36ClN3O3S2. The second-order valence-electron chi connectivity index (χ2n) is 10.5. The first-order chi connectivity index (χ1) is 18.1. The molecule has 1 aliphatic heterocycles. The number of nitrogens with one attached hydrogen (secondary N) is 3. The lowest BCUT2D eigenvalue weighted by Gasteiger charge is -2.20. The molecule has 2 amide bonds. The number of hydrogen-bond donors (Lipinski definition) is 3. The van der Waals surface area contributed by atoms with Gasteiger partial charge in [0, 0.05) is 32.7 Å². The monoisotopic (exact) mass is 573 g/mol. The molecule has 204 valence electrons. The number of urea groups is 1. The molecule has 0 unspecified atom stereocenters. The fraction of sp³-hybridized carbons (Fsp3) is 0.448. The summed E-state index contributed by atoms with van der Waals surface area (Å²) < 4.78 is 5.68. The molecular weight excluding hydrogens is 538 g/mol. The number of aryl methyl sites for hydroxylation is 1. The molecule has 1 aromatic carbocycles. The van der Waals surface area contributed by atoms with Crippen molar-refractivity contribution >= 4 is 51.3 Å². The number of carbonyl (C=O) groups is 2. The Morgan fingerprint density at radius 2 is 2.00 bits per heavy atom. The summed E-state index contributed by atoms with van der Waals surface area (Å²) in [5.74, 6) is -0.410. The van der Waals surface area contributed by atoms with Gasteiger partial charge in [-0.05, 0) is 87.9 Å². The van der Waals surface area contributed by atoms with Gasteiger partial charge in [-0.25, -0.2) is 9.59 Å². The number of ether oxygens (including phenoxy) is 1. The highest BCUT2D eigenvalue weighted by molar-refractivity contribution is 7.17. The number of unbranched alkanes of at least 4 members (excludes halogenated alkanes) is 1.